The smallest absolute Gasteiger partial charge is 0.306 e. The third-order valence-electron chi connectivity index (χ3n) is 0.716. The lowest BCUT2D eigenvalue weighted by Crippen LogP contribution is -2.42. The van der Waals surface area contributed by atoms with Crippen molar-refractivity contribution in [3.05, 3.63) is 0 Å². The number of carboxylic acids is 1. The average molecular weight is 169 g/mol. The molecule has 0 spiro atoms. The zero-order chi connectivity index (χ0) is 15.0. The number of carbonyl (C=O) groups is 1. The predicted molar refractivity (Wildman–Crippen MR) is 41.2 cm³/mol. The summed E-state index contributed by atoms with van der Waals surface area (Å²) in [7, 11) is 1.97. The van der Waals surface area contributed by atoms with Gasteiger partial charge in [-0.25, -0.2) is 0 Å². The molecule has 0 saturated heterocycles. The van der Waals surface area contributed by atoms with Gasteiger partial charge in [0.25, 0.3) is 0 Å². The molecule has 0 aliphatic rings. The fourth-order valence-electron chi connectivity index (χ4n) is 0.489. The molecule has 4 nitrogen and oxygen atoms in total. The Labute approximate surface area is 76.6 Å². The quantitative estimate of drug-likeness (QED) is 0.547. The summed E-state index contributed by atoms with van der Waals surface area (Å²) in [5.74, 6) is -1.56. The van der Waals surface area contributed by atoms with E-state index in [0.29, 0.717) is 0 Å². The summed E-state index contributed by atoms with van der Waals surface area (Å²) < 4.78 is 50.2. The number of likely N-dealkylation sites (N-methyl/N-ethyl adjacent to an activating group) is 1. The van der Waals surface area contributed by atoms with Crippen LogP contribution in [0.5, 0.6) is 0 Å². The lowest BCUT2D eigenvalue weighted by atomic mass is 10.2. The molecule has 0 aromatic carbocycles. The SMILES string of the molecule is [2H]O[C@@]([2H])(CC(=O)O)C([2H])([2H])[N+](C)(C)C([2H])([2H])[2H]. The fourth-order valence-corrected chi connectivity index (χ4v) is 0.489. The highest BCUT2D eigenvalue weighted by Gasteiger charge is 2.17. The second-order valence-electron chi connectivity index (χ2n) is 2.56. The van der Waals surface area contributed by atoms with Gasteiger partial charge in [0.2, 0.25) is 1.43 Å². The van der Waals surface area contributed by atoms with Gasteiger partial charge in [0.15, 0.2) is 0 Å². The van der Waals surface area contributed by atoms with E-state index in [1.54, 1.807) is 0 Å². The minimum absolute atomic E-state index is 0.983. The van der Waals surface area contributed by atoms with Crippen molar-refractivity contribution in [2.45, 2.75) is 12.5 Å². The molecule has 0 bridgehead atoms. The largest absolute Gasteiger partial charge is 0.481 e. The highest BCUT2D eigenvalue weighted by molar-refractivity contribution is 5.67. The van der Waals surface area contributed by atoms with Crippen molar-refractivity contribution in [2.75, 3.05) is 27.6 Å². The molecule has 0 aromatic heterocycles. The third kappa shape index (κ3) is 7.29. The molecule has 1 atom stereocenters. The second-order valence-corrected chi connectivity index (χ2v) is 2.56. The molecule has 2 N–H and O–H groups in total. The molecule has 0 aliphatic carbocycles. The van der Waals surface area contributed by atoms with Gasteiger partial charge in [-0.2, -0.15) is 0 Å². The van der Waals surface area contributed by atoms with Crippen LogP contribution in [0.1, 0.15) is 14.6 Å². The molecule has 0 saturated carbocycles. The number of hydrogen-bond acceptors (Lipinski definition) is 2. The highest BCUT2D eigenvalue weighted by Crippen LogP contribution is 1.98. The van der Waals surface area contributed by atoms with Gasteiger partial charge in [0.05, 0.1) is 35.7 Å². The summed E-state index contributed by atoms with van der Waals surface area (Å²) in [5.41, 5.74) is 0. The Morgan fingerprint density at radius 2 is 2.64 bits per heavy atom. The monoisotopic (exact) mass is 169 g/mol. The van der Waals surface area contributed by atoms with Crippen molar-refractivity contribution < 1.29 is 27.7 Å². The Morgan fingerprint density at radius 3 is 3.00 bits per heavy atom. The van der Waals surface area contributed by atoms with E-state index in [2.05, 4.69) is 5.11 Å². The van der Waals surface area contributed by atoms with E-state index in [-0.39, 0.29) is 0 Å². The molecular weight excluding hydrogens is 146 g/mol. The van der Waals surface area contributed by atoms with E-state index in [0.717, 1.165) is 14.1 Å². The number of nitrogens with zero attached hydrogens (tertiary/aromatic N) is 1. The zero-order valence-corrected chi connectivity index (χ0v) is 6.42. The number of rotatable bonds is 5. The third-order valence-corrected chi connectivity index (χ3v) is 0.716. The molecule has 0 radical (unpaired) electrons. The summed E-state index contributed by atoms with van der Waals surface area (Å²) in [6, 6.07) is 0. The topological polar surface area (TPSA) is 57.5 Å². The van der Waals surface area contributed by atoms with Crippen LogP contribution < -0.4 is 0 Å². The molecule has 0 rings (SSSR count). The minimum atomic E-state index is -2.93. The van der Waals surface area contributed by atoms with Gasteiger partial charge in [-0.15, -0.1) is 0 Å². The van der Waals surface area contributed by atoms with Crippen LogP contribution in [-0.2, 0) is 4.79 Å². The molecule has 0 heterocycles. The lowest BCUT2D eigenvalue weighted by Gasteiger charge is -2.25. The molecule has 66 valence electrons. The van der Waals surface area contributed by atoms with Crippen molar-refractivity contribution in [3.8, 4) is 0 Å². The first kappa shape index (κ1) is 3.41. The predicted octanol–water partition coefficient (Wildman–Crippen LogP) is -0.472. The first-order chi connectivity index (χ1) is 7.73. The van der Waals surface area contributed by atoms with Gasteiger partial charge in [-0.3, -0.25) is 4.79 Å². The Balaban J connectivity index is 5.65. The van der Waals surface area contributed by atoms with Gasteiger partial charge < -0.3 is 14.7 Å². The van der Waals surface area contributed by atoms with E-state index in [4.69, 9.17) is 14.8 Å². The highest BCUT2D eigenvalue weighted by atomic mass is 16.4. The van der Waals surface area contributed by atoms with Crippen LogP contribution in [-0.4, -0.2) is 55.7 Å². The van der Waals surface area contributed by atoms with Crippen LogP contribution >= 0.6 is 0 Å². The number of aliphatic carboxylic acids is 1. The number of carboxylic acid groups (broad SMARTS) is 1. The standard InChI is InChI=1S/C7H15NO3/c1-8(2,3)5-6(9)4-7(10)11/h6,9H,4-5H2,1-3H3/p+1/t6-/m0/s1/i1D3,5D2,6D,9D. The van der Waals surface area contributed by atoms with Crippen molar-refractivity contribution >= 4 is 5.97 Å². The van der Waals surface area contributed by atoms with Gasteiger partial charge in [0.1, 0.15) is 12.6 Å². The van der Waals surface area contributed by atoms with Crippen molar-refractivity contribution in [2.24, 2.45) is 0 Å². The molecule has 4 heteroatoms. The van der Waals surface area contributed by atoms with Crippen molar-refractivity contribution in [1.29, 1.82) is 1.43 Å². The van der Waals surface area contributed by atoms with E-state index in [9.17, 15) is 4.79 Å². The Bertz CT molecular complexity index is 329. The second kappa shape index (κ2) is 3.69. The van der Waals surface area contributed by atoms with Crippen LogP contribution in [0.15, 0.2) is 0 Å². The molecule has 11 heavy (non-hydrogen) atoms. The molecular formula is C7H16NO3+. The molecule has 0 fully saturated rings. The summed E-state index contributed by atoms with van der Waals surface area (Å²) in [4.78, 5) is 10.6. The van der Waals surface area contributed by atoms with Crippen molar-refractivity contribution in [1.82, 2.24) is 0 Å². The molecule has 0 aliphatic heterocycles. The van der Waals surface area contributed by atoms with E-state index < -0.39 is 36.4 Å². The maximum atomic E-state index is 10.6. The zero-order valence-electron chi connectivity index (χ0n) is 13.4. The first-order valence-corrected chi connectivity index (χ1v) is 2.93. The summed E-state index contributed by atoms with van der Waals surface area (Å²) in [5, 5.41) is 12.5. The molecule has 0 amide bonds. The molecule has 0 aromatic rings. The maximum Gasteiger partial charge on any atom is 0.306 e. The summed E-state index contributed by atoms with van der Waals surface area (Å²) >= 11 is 0. The van der Waals surface area contributed by atoms with Crippen LogP contribution in [0.4, 0.5) is 0 Å². The van der Waals surface area contributed by atoms with E-state index in [1.165, 1.54) is 0 Å². The van der Waals surface area contributed by atoms with Crippen LogP contribution in [0.25, 0.3) is 0 Å². The summed E-state index contributed by atoms with van der Waals surface area (Å²) in [6.45, 7) is -5.77. The average Bonchev–Trinajstić information content (AvgIpc) is 2.14. The van der Waals surface area contributed by atoms with Crippen LogP contribution in [0.3, 0.4) is 0 Å². The lowest BCUT2D eigenvalue weighted by molar-refractivity contribution is -0.873. The molecule has 0 unspecified atom stereocenters. The Morgan fingerprint density at radius 1 is 2.00 bits per heavy atom. The van der Waals surface area contributed by atoms with Gasteiger partial charge in [0, 0.05) is 0 Å². The number of hydrogen-bond donors (Lipinski definition) is 2. The summed E-state index contributed by atoms with van der Waals surface area (Å²) in [6.07, 6.45) is -3.99. The Kier molecular flexibility index (Phi) is 1.14. The van der Waals surface area contributed by atoms with Crippen LogP contribution in [0, 0.1) is 0 Å². The first-order valence-electron chi connectivity index (χ1n) is 6.34. The van der Waals surface area contributed by atoms with Crippen molar-refractivity contribution in [3.63, 3.8) is 0 Å². The van der Waals surface area contributed by atoms with Crippen LogP contribution in [0.2, 0.25) is 0 Å². The Hall–Kier alpha value is -0.610. The van der Waals surface area contributed by atoms with E-state index >= 15 is 0 Å². The maximum absolute atomic E-state index is 10.6. The minimum Gasteiger partial charge on any atom is -0.481 e. The van der Waals surface area contributed by atoms with Gasteiger partial charge >= 0.3 is 5.97 Å². The van der Waals surface area contributed by atoms with Gasteiger partial charge in [-0.1, -0.05) is 0 Å². The van der Waals surface area contributed by atoms with E-state index in [1.807, 2.05) is 0 Å². The normalized spacial score (nSPS) is 29.1. The number of aliphatic hydroxyl groups is 1. The number of quaternary nitrogens is 1. The van der Waals surface area contributed by atoms with Gasteiger partial charge in [-0.05, 0) is 0 Å². The fraction of sp³-hybridized carbons (Fsp3) is 0.857.